The van der Waals surface area contributed by atoms with E-state index in [2.05, 4.69) is 0 Å². The highest BCUT2D eigenvalue weighted by atomic mass is 32.2. The Labute approximate surface area is 117 Å². The average Bonchev–Trinajstić information content (AvgIpc) is 2.68. The third-order valence-electron chi connectivity index (χ3n) is 3.13. The van der Waals surface area contributed by atoms with Crippen molar-refractivity contribution in [3.63, 3.8) is 0 Å². The molecule has 0 aliphatic carbocycles. The van der Waals surface area contributed by atoms with E-state index in [1.807, 2.05) is 29.7 Å². The topological polar surface area (TPSA) is 80.6 Å². The van der Waals surface area contributed by atoms with E-state index in [9.17, 15) is 8.42 Å². The standard InChI is InChI=1S/C13H17NO5S/c1-10-14(7-3-4-8-20(15,16)17)12-9-11(18-2)5-6-13(12)19-10/h5-6,9H,3-4,7-8H2,1-2H3/p+1. The molecule has 7 heteroatoms. The van der Waals surface area contributed by atoms with Gasteiger partial charge in [-0.1, -0.05) is 0 Å². The molecular weight excluding hydrogens is 282 g/mol. The third kappa shape index (κ3) is 3.49. The van der Waals surface area contributed by atoms with Gasteiger partial charge in [0.1, 0.15) is 5.75 Å². The molecule has 0 saturated heterocycles. The lowest BCUT2D eigenvalue weighted by molar-refractivity contribution is -0.683. The highest BCUT2D eigenvalue weighted by molar-refractivity contribution is 7.85. The zero-order valence-electron chi connectivity index (χ0n) is 11.5. The summed E-state index contributed by atoms with van der Waals surface area (Å²) in [4.78, 5) is 0. The van der Waals surface area contributed by atoms with Crippen molar-refractivity contribution in [2.45, 2.75) is 26.3 Å². The van der Waals surface area contributed by atoms with Gasteiger partial charge in [0.2, 0.25) is 5.58 Å². The monoisotopic (exact) mass is 300 g/mol. The van der Waals surface area contributed by atoms with Gasteiger partial charge in [-0.2, -0.15) is 13.0 Å². The van der Waals surface area contributed by atoms with Gasteiger partial charge in [0.15, 0.2) is 6.54 Å². The molecule has 0 atom stereocenters. The summed E-state index contributed by atoms with van der Waals surface area (Å²) in [7, 11) is -2.28. The molecule has 2 aromatic rings. The highest BCUT2D eigenvalue weighted by Gasteiger charge is 2.19. The number of hydrogen-bond acceptors (Lipinski definition) is 4. The summed E-state index contributed by atoms with van der Waals surface area (Å²) < 4.78 is 42.8. The second-order valence-electron chi connectivity index (χ2n) is 4.60. The number of methoxy groups -OCH3 is 1. The number of hydrogen-bond donors (Lipinski definition) is 1. The Balaban J connectivity index is 2.14. The predicted octanol–water partition coefficient (Wildman–Crippen LogP) is 1.71. The number of aromatic nitrogens is 1. The van der Waals surface area contributed by atoms with Crippen LogP contribution in [0.4, 0.5) is 0 Å². The fourth-order valence-corrected chi connectivity index (χ4v) is 2.71. The lowest BCUT2D eigenvalue weighted by atomic mass is 10.3. The maximum Gasteiger partial charge on any atom is 0.344 e. The van der Waals surface area contributed by atoms with E-state index in [1.165, 1.54) is 0 Å². The molecule has 0 aliphatic rings. The van der Waals surface area contributed by atoms with E-state index < -0.39 is 10.1 Å². The van der Waals surface area contributed by atoms with Gasteiger partial charge in [0.05, 0.1) is 25.9 Å². The molecule has 20 heavy (non-hydrogen) atoms. The summed E-state index contributed by atoms with van der Waals surface area (Å²) in [6.45, 7) is 2.48. The molecular formula is C13H18NO5S+. The third-order valence-corrected chi connectivity index (χ3v) is 3.93. The fraction of sp³-hybridized carbons (Fsp3) is 0.462. The van der Waals surface area contributed by atoms with E-state index in [0.29, 0.717) is 19.4 Å². The maximum atomic E-state index is 10.7. The lowest BCUT2D eigenvalue weighted by Gasteiger charge is -1.98. The number of unbranched alkanes of at least 4 members (excludes halogenated alkanes) is 1. The minimum absolute atomic E-state index is 0.217. The van der Waals surface area contributed by atoms with Crippen LogP contribution in [-0.2, 0) is 16.7 Å². The van der Waals surface area contributed by atoms with Crippen LogP contribution in [0.1, 0.15) is 18.7 Å². The molecule has 6 nitrogen and oxygen atoms in total. The van der Waals surface area contributed by atoms with Gasteiger partial charge in [-0.3, -0.25) is 4.55 Å². The quantitative estimate of drug-likeness (QED) is 0.499. The first-order valence-corrected chi connectivity index (χ1v) is 7.94. The van der Waals surface area contributed by atoms with E-state index in [-0.39, 0.29) is 5.75 Å². The van der Waals surface area contributed by atoms with Gasteiger partial charge >= 0.3 is 5.89 Å². The SMILES string of the molecule is COc1ccc2oc(C)[n+](CCCCS(=O)(=O)O)c2c1. The van der Waals surface area contributed by atoms with Crippen molar-refractivity contribution < 1.29 is 26.7 Å². The number of nitrogens with zero attached hydrogens (tertiary/aromatic N) is 1. The summed E-state index contributed by atoms with van der Waals surface area (Å²) in [5.74, 6) is 1.27. The smallest absolute Gasteiger partial charge is 0.344 e. The Kier molecular flexibility index (Phi) is 4.29. The van der Waals surface area contributed by atoms with Crippen LogP contribution in [0.25, 0.3) is 11.1 Å². The number of aryl methyl sites for hydroxylation is 2. The van der Waals surface area contributed by atoms with E-state index in [0.717, 1.165) is 22.7 Å². The lowest BCUT2D eigenvalue weighted by Crippen LogP contribution is -2.35. The Morgan fingerprint density at radius 3 is 2.75 bits per heavy atom. The second kappa shape index (κ2) is 5.80. The van der Waals surface area contributed by atoms with Crippen LogP contribution in [0.15, 0.2) is 22.6 Å². The first-order valence-electron chi connectivity index (χ1n) is 6.33. The molecule has 2 rings (SSSR count). The molecule has 0 bridgehead atoms. The molecule has 0 saturated carbocycles. The van der Waals surface area contributed by atoms with Crippen molar-refractivity contribution in [3.05, 3.63) is 24.1 Å². The van der Waals surface area contributed by atoms with E-state index >= 15 is 0 Å². The Hall–Kier alpha value is -1.60. The Morgan fingerprint density at radius 2 is 2.10 bits per heavy atom. The molecule has 0 radical (unpaired) electrons. The molecule has 0 amide bonds. The molecule has 1 aromatic heterocycles. The second-order valence-corrected chi connectivity index (χ2v) is 6.17. The number of oxazole rings is 1. The van der Waals surface area contributed by atoms with Gasteiger partial charge < -0.3 is 9.15 Å². The molecule has 1 N–H and O–H groups in total. The molecule has 1 aromatic carbocycles. The number of fused-ring (bicyclic) bond motifs is 1. The van der Waals surface area contributed by atoms with Crippen molar-refractivity contribution in [1.29, 1.82) is 0 Å². The summed E-state index contributed by atoms with van der Waals surface area (Å²) in [6.07, 6.45) is 1.04. The molecule has 110 valence electrons. The van der Waals surface area contributed by atoms with Gasteiger partial charge in [0.25, 0.3) is 15.6 Å². The number of benzene rings is 1. The van der Waals surface area contributed by atoms with E-state index in [4.69, 9.17) is 13.7 Å². The van der Waals surface area contributed by atoms with Crippen molar-refractivity contribution in [2.75, 3.05) is 12.9 Å². The van der Waals surface area contributed by atoms with Crippen LogP contribution in [0, 0.1) is 6.92 Å². The maximum absolute atomic E-state index is 10.7. The summed E-state index contributed by atoms with van der Waals surface area (Å²) in [5, 5.41) is 0. The molecule has 0 aliphatic heterocycles. The van der Waals surface area contributed by atoms with Gasteiger partial charge in [0, 0.05) is 6.42 Å². The summed E-state index contributed by atoms with van der Waals surface area (Å²) in [5.41, 5.74) is 1.67. The van der Waals surface area contributed by atoms with Crippen molar-refractivity contribution >= 4 is 21.2 Å². The van der Waals surface area contributed by atoms with Crippen LogP contribution in [-0.4, -0.2) is 25.8 Å². The largest absolute Gasteiger partial charge is 0.497 e. The van der Waals surface area contributed by atoms with Crippen LogP contribution in [0.5, 0.6) is 5.75 Å². The molecule has 0 unspecified atom stereocenters. The number of rotatable bonds is 6. The van der Waals surface area contributed by atoms with Gasteiger partial charge in [-0.05, 0) is 18.6 Å². The molecule has 0 fully saturated rings. The van der Waals surface area contributed by atoms with Gasteiger partial charge in [-0.15, -0.1) is 0 Å². The molecule has 0 spiro atoms. The van der Waals surface area contributed by atoms with Crippen LogP contribution < -0.4 is 9.30 Å². The van der Waals surface area contributed by atoms with Crippen LogP contribution >= 0.6 is 0 Å². The summed E-state index contributed by atoms with van der Waals surface area (Å²) >= 11 is 0. The Morgan fingerprint density at radius 1 is 1.35 bits per heavy atom. The van der Waals surface area contributed by atoms with Gasteiger partial charge in [-0.25, -0.2) is 0 Å². The fourth-order valence-electron chi connectivity index (χ4n) is 2.14. The van der Waals surface area contributed by atoms with Crippen molar-refractivity contribution in [2.24, 2.45) is 0 Å². The first kappa shape index (κ1) is 14.8. The van der Waals surface area contributed by atoms with Crippen molar-refractivity contribution in [1.82, 2.24) is 0 Å². The zero-order valence-corrected chi connectivity index (χ0v) is 12.3. The van der Waals surface area contributed by atoms with Crippen LogP contribution in [0.2, 0.25) is 0 Å². The highest BCUT2D eigenvalue weighted by Crippen LogP contribution is 2.20. The average molecular weight is 300 g/mol. The minimum Gasteiger partial charge on any atom is -0.497 e. The van der Waals surface area contributed by atoms with Crippen LogP contribution in [0.3, 0.4) is 0 Å². The normalized spacial score (nSPS) is 11.9. The van der Waals surface area contributed by atoms with E-state index in [1.54, 1.807) is 7.11 Å². The first-order chi connectivity index (χ1) is 9.40. The summed E-state index contributed by atoms with van der Waals surface area (Å²) in [6, 6.07) is 5.55. The zero-order chi connectivity index (χ0) is 14.8. The van der Waals surface area contributed by atoms with Crippen molar-refractivity contribution in [3.8, 4) is 5.75 Å². The predicted molar refractivity (Wildman–Crippen MR) is 73.3 cm³/mol. The number of ether oxygens (including phenoxy) is 1. The molecule has 1 heterocycles. The minimum atomic E-state index is -3.88. The Bertz CT molecular complexity index is 705.